The summed E-state index contributed by atoms with van der Waals surface area (Å²) >= 11 is 1.30. The summed E-state index contributed by atoms with van der Waals surface area (Å²) in [5.41, 5.74) is 1.78. The molecule has 146 valence electrons. The number of nitrogens with zero attached hydrogens (tertiary/aromatic N) is 2. The van der Waals surface area contributed by atoms with Crippen molar-refractivity contribution in [2.45, 2.75) is 18.1 Å². The molecule has 0 saturated carbocycles. The summed E-state index contributed by atoms with van der Waals surface area (Å²) in [5, 5.41) is 2.93. The number of carbonyl (C=O) groups excluding carboxylic acids is 2. The zero-order chi connectivity index (χ0) is 19.9. The van der Waals surface area contributed by atoms with Gasteiger partial charge in [0.1, 0.15) is 11.4 Å². The molecule has 0 spiro atoms. The number of benzene rings is 2. The second kappa shape index (κ2) is 9.41. The van der Waals surface area contributed by atoms with Crippen LogP contribution in [0.2, 0.25) is 0 Å². The first-order valence-electron chi connectivity index (χ1n) is 9.05. The van der Waals surface area contributed by atoms with Crippen LogP contribution < -0.4 is 10.1 Å². The molecule has 1 N–H and O–H groups in total. The van der Waals surface area contributed by atoms with Crippen molar-refractivity contribution in [3.63, 3.8) is 0 Å². The maximum atomic E-state index is 12.6. The summed E-state index contributed by atoms with van der Waals surface area (Å²) in [6.07, 6.45) is 0.906. The molecule has 7 heteroatoms. The van der Waals surface area contributed by atoms with Crippen molar-refractivity contribution in [1.82, 2.24) is 10.2 Å². The molecule has 1 fully saturated rings. The Morgan fingerprint density at radius 2 is 1.93 bits per heavy atom. The highest BCUT2D eigenvalue weighted by molar-refractivity contribution is 8.15. The number of aliphatic imine (C=N–C) groups is 1. The van der Waals surface area contributed by atoms with E-state index in [2.05, 4.69) is 10.3 Å². The molecule has 6 nitrogen and oxygen atoms in total. The van der Waals surface area contributed by atoms with Crippen LogP contribution in [0.5, 0.6) is 5.75 Å². The maximum absolute atomic E-state index is 12.6. The highest BCUT2D eigenvalue weighted by Crippen LogP contribution is 2.32. The van der Waals surface area contributed by atoms with E-state index in [1.54, 1.807) is 14.2 Å². The van der Waals surface area contributed by atoms with E-state index in [1.165, 1.54) is 16.7 Å². The number of hydrogen-bond acceptors (Lipinski definition) is 5. The van der Waals surface area contributed by atoms with Crippen molar-refractivity contribution >= 4 is 34.4 Å². The van der Waals surface area contributed by atoms with Gasteiger partial charge in [0.15, 0.2) is 5.17 Å². The van der Waals surface area contributed by atoms with Gasteiger partial charge in [-0.1, -0.05) is 54.2 Å². The molecule has 28 heavy (non-hydrogen) atoms. The van der Waals surface area contributed by atoms with E-state index in [9.17, 15) is 9.59 Å². The van der Waals surface area contributed by atoms with Crippen molar-refractivity contribution in [3.8, 4) is 5.75 Å². The predicted octanol–water partition coefficient (Wildman–Crippen LogP) is 3.01. The van der Waals surface area contributed by atoms with E-state index in [0.717, 1.165) is 12.0 Å². The number of ether oxygens (including phenoxy) is 1. The molecule has 1 heterocycles. The van der Waals surface area contributed by atoms with Gasteiger partial charge in [-0.05, 0) is 24.1 Å². The van der Waals surface area contributed by atoms with Crippen LogP contribution in [-0.2, 0) is 16.0 Å². The Hall–Kier alpha value is -2.80. The molecule has 0 bridgehead atoms. The molecule has 1 atom stereocenters. The average Bonchev–Trinajstić information content (AvgIpc) is 2.72. The van der Waals surface area contributed by atoms with Crippen LogP contribution in [0.15, 0.2) is 59.6 Å². The standard InChI is InChI=1S/C21H23N3O3S/c1-24-19(25)14-18(20(26)22-13-12-15-8-4-3-5-9-15)28-21(24)23-16-10-6-7-11-17(16)27-2/h3-11,18H,12-14H2,1-2H3,(H,22,26)/t18-/m0/s1. The first kappa shape index (κ1) is 19.9. The number of methoxy groups -OCH3 is 1. The van der Waals surface area contributed by atoms with E-state index < -0.39 is 5.25 Å². The second-order valence-electron chi connectivity index (χ2n) is 6.36. The molecule has 2 aromatic rings. The Morgan fingerprint density at radius 1 is 1.21 bits per heavy atom. The van der Waals surface area contributed by atoms with Gasteiger partial charge in [0.05, 0.1) is 12.4 Å². The fourth-order valence-corrected chi connectivity index (χ4v) is 3.89. The molecular weight excluding hydrogens is 374 g/mol. The van der Waals surface area contributed by atoms with Crippen LogP contribution >= 0.6 is 11.8 Å². The minimum absolute atomic E-state index is 0.129. The van der Waals surface area contributed by atoms with Crippen LogP contribution in [0.25, 0.3) is 0 Å². The van der Waals surface area contributed by atoms with Crippen molar-refractivity contribution in [2.24, 2.45) is 4.99 Å². The third-order valence-electron chi connectivity index (χ3n) is 4.42. The van der Waals surface area contributed by atoms with Gasteiger partial charge in [0, 0.05) is 20.0 Å². The van der Waals surface area contributed by atoms with Crippen molar-refractivity contribution in [1.29, 1.82) is 0 Å². The Labute approximate surface area is 169 Å². The third kappa shape index (κ3) is 4.92. The summed E-state index contributed by atoms with van der Waals surface area (Å²) in [7, 11) is 3.25. The topological polar surface area (TPSA) is 71.0 Å². The quantitative estimate of drug-likeness (QED) is 0.813. The Kier molecular flexibility index (Phi) is 6.71. The second-order valence-corrected chi connectivity index (χ2v) is 7.53. The average molecular weight is 398 g/mol. The van der Waals surface area contributed by atoms with Crippen molar-refractivity contribution < 1.29 is 14.3 Å². The summed E-state index contributed by atoms with van der Waals surface area (Å²) in [5.74, 6) is 0.344. The van der Waals surface area contributed by atoms with E-state index in [-0.39, 0.29) is 18.2 Å². The van der Waals surface area contributed by atoms with Gasteiger partial charge in [-0.2, -0.15) is 0 Å². The molecule has 1 aliphatic rings. The molecule has 2 amide bonds. The summed E-state index contributed by atoms with van der Waals surface area (Å²) in [4.78, 5) is 31.0. The van der Waals surface area contributed by atoms with Crippen molar-refractivity contribution in [2.75, 3.05) is 20.7 Å². The molecule has 0 unspecified atom stereocenters. The Balaban J connectivity index is 1.66. The lowest BCUT2D eigenvalue weighted by molar-refractivity contribution is -0.129. The highest BCUT2D eigenvalue weighted by Gasteiger charge is 2.34. The largest absolute Gasteiger partial charge is 0.494 e. The van der Waals surface area contributed by atoms with Gasteiger partial charge >= 0.3 is 0 Å². The first-order chi connectivity index (χ1) is 13.6. The smallest absolute Gasteiger partial charge is 0.234 e. The van der Waals surface area contributed by atoms with Crippen LogP contribution in [-0.4, -0.2) is 47.8 Å². The number of amides is 2. The van der Waals surface area contributed by atoms with E-state index >= 15 is 0 Å². The summed E-state index contributed by atoms with van der Waals surface area (Å²) in [6, 6.07) is 17.3. The zero-order valence-electron chi connectivity index (χ0n) is 15.9. The van der Waals surface area contributed by atoms with Crippen LogP contribution in [0.3, 0.4) is 0 Å². The van der Waals surface area contributed by atoms with Gasteiger partial charge in [-0.25, -0.2) is 4.99 Å². The Morgan fingerprint density at radius 3 is 2.68 bits per heavy atom. The lowest BCUT2D eigenvalue weighted by atomic mass is 10.1. The maximum Gasteiger partial charge on any atom is 0.234 e. The van der Waals surface area contributed by atoms with Crippen molar-refractivity contribution in [3.05, 3.63) is 60.2 Å². The number of carbonyl (C=O) groups is 2. The van der Waals surface area contributed by atoms with Gasteiger partial charge in [-0.15, -0.1) is 0 Å². The fraction of sp³-hybridized carbons (Fsp3) is 0.286. The fourth-order valence-electron chi connectivity index (χ4n) is 2.81. The molecule has 0 radical (unpaired) electrons. The van der Waals surface area contributed by atoms with Gasteiger partial charge < -0.3 is 10.1 Å². The van der Waals surface area contributed by atoms with E-state index in [1.807, 2.05) is 54.6 Å². The van der Waals surface area contributed by atoms with Crippen LogP contribution in [0, 0.1) is 0 Å². The molecule has 1 saturated heterocycles. The van der Waals surface area contributed by atoms with Crippen LogP contribution in [0.1, 0.15) is 12.0 Å². The third-order valence-corrected chi connectivity index (χ3v) is 5.66. The lowest BCUT2D eigenvalue weighted by Gasteiger charge is -2.29. The summed E-state index contributed by atoms with van der Waals surface area (Å²) < 4.78 is 5.32. The number of para-hydroxylation sites is 2. The minimum Gasteiger partial charge on any atom is -0.494 e. The molecule has 3 rings (SSSR count). The molecule has 1 aliphatic heterocycles. The Bertz CT molecular complexity index is 870. The SMILES string of the molecule is COc1ccccc1N=C1S[C@H](C(=O)NCCc2ccccc2)CC(=O)N1C. The van der Waals surface area contributed by atoms with Gasteiger partial charge in [0.25, 0.3) is 0 Å². The zero-order valence-corrected chi connectivity index (χ0v) is 16.7. The van der Waals surface area contributed by atoms with Crippen LogP contribution in [0.4, 0.5) is 5.69 Å². The number of nitrogens with one attached hydrogen (secondary N) is 1. The monoisotopic (exact) mass is 397 g/mol. The lowest BCUT2D eigenvalue weighted by Crippen LogP contribution is -2.45. The molecule has 0 aliphatic carbocycles. The van der Waals surface area contributed by atoms with Gasteiger partial charge in [0.2, 0.25) is 11.8 Å². The highest BCUT2D eigenvalue weighted by atomic mass is 32.2. The van der Waals surface area contributed by atoms with Gasteiger partial charge in [-0.3, -0.25) is 14.5 Å². The molecule has 2 aromatic carbocycles. The number of thioether (sulfide) groups is 1. The summed E-state index contributed by atoms with van der Waals surface area (Å²) in [6.45, 7) is 0.531. The number of rotatable bonds is 6. The normalized spacial score (nSPS) is 18.2. The molecular formula is C21H23N3O3S. The molecule has 0 aromatic heterocycles. The number of hydrogen-bond donors (Lipinski definition) is 1. The number of amidine groups is 1. The van der Waals surface area contributed by atoms with E-state index in [0.29, 0.717) is 23.1 Å². The minimum atomic E-state index is -0.493. The predicted molar refractivity (Wildman–Crippen MR) is 112 cm³/mol. The van der Waals surface area contributed by atoms with E-state index in [4.69, 9.17) is 4.74 Å². The first-order valence-corrected chi connectivity index (χ1v) is 9.93.